The SMILES string of the molecule is CCOC1(C(=O)c2cccc3c2OCC3)CCCC1. The fourth-order valence-electron chi connectivity index (χ4n) is 3.30. The highest BCUT2D eigenvalue weighted by Crippen LogP contribution is 2.39. The molecule has 1 saturated carbocycles. The molecule has 3 nitrogen and oxygen atoms in total. The average molecular weight is 260 g/mol. The number of benzene rings is 1. The number of hydrogen-bond donors (Lipinski definition) is 0. The Hall–Kier alpha value is -1.35. The third kappa shape index (κ3) is 2.06. The summed E-state index contributed by atoms with van der Waals surface area (Å²) in [5, 5.41) is 0. The van der Waals surface area contributed by atoms with Crippen molar-refractivity contribution in [3.8, 4) is 5.75 Å². The molecule has 3 rings (SSSR count). The van der Waals surface area contributed by atoms with Crippen molar-refractivity contribution in [3.63, 3.8) is 0 Å². The highest BCUT2D eigenvalue weighted by molar-refractivity contribution is 6.05. The molecule has 1 heterocycles. The van der Waals surface area contributed by atoms with E-state index >= 15 is 0 Å². The van der Waals surface area contributed by atoms with Gasteiger partial charge in [-0.05, 0) is 44.2 Å². The summed E-state index contributed by atoms with van der Waals surface area (Å²) in [6, 6.07) is 5.88. The van der Waals surface area contributed by atoms with Gasteiger partial charge in [0.15, 0.2) is 5.78 Å². The molecule has 1 aromatic rings. The standard InChI is InChI=1S/C16H20O3/c1-2-19-16(9-3-4-10-16)15(17)13-7-5-6-12-8-11-18-14(12)13/h5-7H,2-4,8-11H2,1H3. The Balaban J connectivity index is 1.97. The molecule has 19 heavy (non-hydrogen) atoms. The van der Waals surface area contributed by atoms with Crippen molar-refractivity contribution in [2.45, 2.75) is 44.6 Å². The summed E-state index contributed by atoms with van der Waals surface area (Å²) < 4.78 is 11.5. The number of para-hydroxylation sites is 1. The smallest absolute Gasteiger partial charge is 0.198 e. The highest BCUT2D eigenvalue weighted by Gasteiger charge is 2.43. The average Bonchev–Trinajstić information content (AvgIpc) is 3.06. The Labute approximate surface area is 113 Å². The van der Waals surface area contributed by atoms with Gasteiger partial charge in [-0.1, -0.05) is 12.1 Å². The molecule has 0 saturated heterocycles. The molecule has 0 spiro atoms. The van der Waals surface area contributed by atoms with E-state index < -0.39 is 5.60 Å². The number of fused-ring (bicyclic) bond motifs is 1. The molecule has 1 aliphatic heterocycles. The quantitative estimate of drug-likeness (QED) is 0.780. The van der Waals surface area contributed by atoms with E-state index in [4.69, 9.17) is 9.47 Å². The first kappa shape index (κ1) is 12.7. The monoisotopic (exact) mass is 260 g/mol. The fraction of sp³-hybridized carbons (Fsp3) is 0.562. The Morgan fingerprint density at radius 2 is 2.16 bits per heavy atom. The minimum absolute atomic E-state index is 0.116. The van der Waals surface area contributed by atoms with Gasteiger partial charge in [0.25, 0.3) is 0 Å². The maximum Gasteiger partial charge on any atom is 0.198 e. The third-order valence-electron chi connectivity index (χ3n) is 4.20. The largest absolute Gasteiger partial charge is 0.492 e. The van der Waals surface area contributed by atoms with Crippen LogP contribution in [0.1, 0.15) is 48.5 Å². The van der Waals surface area contributed by atoms with Crippen molar-refractivity contribution in [3.05, 3.63) is 29.3 Å². The number of hydrogen-bond acceptors (Lipinski definition) is 3. The summed E-state index contributed by atoms with van der Waals surface area (Å²) in [5.74, 6) is 0.907. The zero-order valence-corrected chi connectivity index (χ0v) is 11.4. The highest BCUT2D eigenvalue weighted by atomic mass is 16.5. The lowest BCUT2D eigenvalue weighted by molar-refractivity contribution is -0.0165. The third-order valence-corrected chi connectivity index (χ3v) is 4.20. The molecule has 0 N–H and O–H groups in total. The zero-order chi connectivity index (χ0) is 13.3. The predicted octanol–water partition coefficient (Wildman–Crippen LogP) is 3.15. The van der Waals surface area contributed by atoms with Gasteiger partial charge >= 0.3 is 0 Å². The van der Waals surface area contributed by atoms with Crippen molar-refractivity contribution in [1.29, 1.82) is 0 Å². The summed E-state index contributed by atoms with van der Waals surface area (Å²) in [6.45, 7) is 3.22. The lowest BCUT2D eigenvalue weighted by atomic mass is 9.89. The molecule has 0 aromatic heterocycles. The summed E-state index contributed by atoms with van der Waals surface area (Å²) in [6.07, 6.45) is 4.72. The van der Waals surface area contributed by atoms with E-state index in [1.165, 1.54) is 0 Å². The maximum absolute atomic E-state index is 12.9. The van der Waals surface area contributed by atoms with Gasteiger partial charge in [-0.25, -0.2) is 0 Å². The molecular formula is C16H20O3. The minimum atomic E-state index is -0.601. The number of Topliss-reactive ketones (excluding diaryl/α,β-unsaturated/α-hetero) is 1. The van der Waals surface area contributed by atoms with Crippen LogP contribution in [-0.2, 0) is 11.2 Å². The minimum Gasteiger partial charge on any atom is -0.492 e. The molecule has 3 heteroatoms. The van der Waals surface area contributed by atoms with Crippen LogP contribution in [-0.4, -0.2) is 24.6 Å². The van der Waals surface area contributed by atoms with Crippen molar-refractivity contribution in [1.82, 2.24) is 0 Å². The van der Waals surface area contributed by atoms with Gasteiger partial charge < -0.3 is 9.47 Å². The second-order valence-corrected chi connectivity index (χ2v) is 5.36. The van der Waals surface area contributed by atoms with E-state index in [2.05, 4.69) is 0 Å². The normalized spacial score (nSPS) is 20.1. The first-order valence-electron chi connectivity index (χ1n) is 7.20. The molecule has 102 valence electrons. The number of rotatable bonds is 4. The Kier molecular flexibility index (Phi) is 3.31. The van der Waals surface area contributed by atoms with Gasteiger partial charge in [0.1, 0.15) is 11.4 Å². The Morgan fingerprint density at radius 3 is 2.89 bits per heavy atom. The molecule has 0 atom stereocenters. The van der Waals surface area contributed by atoms with Gasteiger partial charge in [-0.2, -0.15) is 0 Å². The number of ketones is 1. The molecule has 1 aromatic carbocycles. The molecule has 0 bridgehead atoms. The van der Waals surface area contributed by atoms with Crippen LogP contribution in [0.2, 0.25) is 0 Å². The van der Waals surface area contributed by atoms with Crippen LogP contribution < -0.4 is 4.74 Å². The van der Waals surface area contributed by atoms with Gasteiger partial charge in [0.2, 0.25) is 0 Å². The molecule has 0 unspecified atom stereocenters. The van der Waals surface area contributed by atoms with E-state index in [9.17, 15) is 4.79 Å². The molecule has 0 radical (unpaired) electrons. The fourth-order valence-corrected chi connectivity index (χ4v) is 3.30. The zero-order valence-electron chi connectivity index (χ0n) is 11.4. The van der Waals surface area contributed by atoms with Crippen LogP contribution in [0.4, 0.5) is 0 Å². The Bertz CT molecular complexity index is 487. The predicted molar refractivity (Wildman–Crippen MR) is 72.8 cm³/mol. The van der Waals surface area contributed by atoms with E-state index in [-0.39, 0.29) is 5.78 Å². The molecule has 2 aliphatic rings. The van der Waals surface area contributed by atoms with Gasteiger partial charge in [-0.15, -0.1) is 0 Å². The summed E-state index contributed by atoms with van der Waals surface area (Å²) in [5.41, 5.74) is 1.26. The molecular weight excluding hydrogens is 240 g/mol. The second kappa shape index (κ2) is 4.97. The maximum atomic E-state index is 12.9. The van der Waals surface area contributed by atoms with E-state index in [1.807, 2.05) is 25.1 Å². The Morgan fingerprint density at radius 1 is 1.37 bits per heavy atom. The van der Waals surface area contributed by atoms with Crippen LogP contribution in [0, 0.1) is 0 Å². The van der Waals surface area contributed by atoms with E-state index in [0.717, 1.165) is 43.4 Å². The second-order valence-electron chi connectivity index (χ2n) is 5.36. The first-order chi connectivity index (χ1) is 9.27. The molecule has 1 fully saturated rings. The van der Waals surface area contributed by atoms with Gasteiger partial charge in [-0.3, -0.25) is 4.79 Å². The van der Waals surface area contributed by atoms with E-state index in [1.54, 1.807) is 0 Å². The van der Waals surface area contributed by atoms with Crippen LogP contribution in [0.3, 0.4) is 0 Å². The van der Waals surface area contributed by atoms with Crippen LogP contribution in [0.25, 0.3) is 0 Å². The topological polar surface area (TPSA) is 35.5 Å². The van der Waals surface area contributed by atoms with Crippen molar-refractivity contribution in [2.24, 2.45) is 0 Å². The molecule has 1 aliphatic carbocycles. The van der Waals surface area contributed by atoms with Crippen LogP contribution in [0.15, 0.2) is 18.2 Å². The van der Waals surface area contributed by atoms with Crippen molar-refractivity contribution >= 4 is 5.78 Å². The van der Waals surface area contributed by atoms with Crippen LogP contribution in [0.5, 0.6) is 5.75 Å². The molecule has 0 amide bonds. The van der Waals surface area contributed by atoms with Crippen LogP contribution >= 0.6 is 0 Å². The number of carbonyl (C=O) groups excluding carboxylic acids is 1. The van der Waals surface area contributed by atoms with Gasteiger partial charge in [0, 0.05) is 13.0 Å². The first-order valence-corrected chi connectivity index (χ1v) is 7.20. The lowest BCUT2D eigenvalue weighted by Gasteiger charge is -2.27. The van der Waals surface area contributed by atoms with Gasteiger partial charge in [0.05, 0.1) is 12.2 Å². The summed E-state index contributed by atoms with van der Waals surface area (Å²) in [7, 11) is 0. The summed E-state index contributed by atoms with van der Waals surface area (Å²) >= 11 is 0. The summed E-state index contributed by atoms with van der Waals surface area (Å²) in [4.78, 5) is 12.9. The number of ether oxygens (including phenoxy) is 2. The van der Waals surface area contributed by atoms with Crippen molar-refractivity contribution in [2.75, 3.05) is 13.2 Å². The number of carbonyl (C=O) groups is 1. The lowest BCUT2D eigenvalue weighted by Crippen LogP contribution is -2.39. The van der Waals surface area contributed by atoms with E-state index in [0.29, 0.717) is 18.8 Å². The van der Waals surface area contributed by atoms with Crippen molar-refractivity contribution < 1.29 is 14.3 Å².